The minimum Gasteiger partial charge on any atom is -0.461 e. The van der Waals surface area contributed by atoms with E-state index in [0.29, 0.717) is 18.7 Å². The van der Waals surface area contributed by atoms with Gasteiger partial charge >= 0.3 is 5.97 Å². The molecule has 0 amide bonds. The highest BCUT2D eigenvalue weighted by Gasteiger charge is 2.19. The number of carbonyl (C=O) groups is 2. The highest BCUT2D eigenvalue weighted by molar-refractivity contribution is 9.10. The number of aromatic nitrogens is 1. The highest BCUT2D eigenvalue weighted by atomic mass is 79.9. The van der Waals surface area contributed by atoms with Gasteiger partial charge in [-0.1, -0.05) is 15.9 Å². The Hall–Kier alpha value is -2.08. The molecule has 5 nitrogen and oxygen atoms in total. The Kier molecular flexibility index (Phi) is 4.52. The van der Waals surface area contributed by atoms with Crippen molar-refractivity contribution in [3.8, 4) is 0 Å². The van der Waals surface area contributed by atoms with Gasteiger partial charge in [-0.25, -0.2) is 9.47 Å². The lowest BCUT2D eigenvalue weighted by Gasteiger charge is -2.18. The van der Waals surface area contributed by atoms with Crippen LogP contribution in [-0.2, 0) is 9.53 Å². The van der Waals surface area contributed by atoms with Crippen LogP contribution in [0, 0.1) is 0 Å². The molecule has 0 saturated heterocycles. The maximum atomic E-state index is 12.2. The number of hydrogen-bond acceptors (Lipinski definition) is 4. The summed E-state index contributed by atoms with van der Waals surface area (Å²) in [6, 6.07) is 7.56. The van der Waals surface area contributed by atoms with Crippen LogP contribution < -0.4 is 5.43 Å². The normalized spacial score (nSPS) is 14.7. The van der Waals surface area contributed by atoms with Gasteiger partial charge in [0.15, 0.2) is 5.78 Å². The topological polar surface area (TPSA) is 60.3 Å². The summed E-state index contributed by atoms with van der Waals surface area (Å²) in [6.07, 6.45) is 3.79. The average Bonchev–Trinajstić information content (AvgIpc) is 2.85. The van der Waals surface area contributed by atoms with Gasteiger partial charge in [0.25, 0.3) is 0 Å². The van der Waals surface area contributed by atoms with Crippen molar-refractivity contribution in [3.63, 3.8) is 0 Å². The molecule has 0 aliphatic heterocycles. The van der Waals surface area contributed by atoms with Crippen molar-refractivity contribution < 1.29 is 14.3 Å². The molecule has 6 heteroatoms. The van der Waals surface area contributed by atoms with E-state index in [9.17, 15) is 9.59 Å². The van der Waals surface area contributed by atoms with Gasteiger partial charge in [0.1, 0.15) is 5.69 Å². The lowest BCUT2D eigenvalue weighted by molar-refractivity contribution is -0.115. The minimum absolute atomic E-state index is 0.107. The summed E-state index contributed by atoms with van der Waals surface area (Å²) in [7, 11) is 0. The van der Waals surface area contributed by atoms with Crippen LogP contribution in [0.1, 0.15) is 36.7 Å². The standard InChI is InChI=1S/C17H17BrN2O3/c1-2-23-17(22)16-9-11-8-12(18)6-7-15(11)20(16)19-13-4-3-5-14(21)10-13/h6-10,19H,2-5H2,1H3. The fourth-order valence-corrected chi connectivity index (χ4v) is 3.06. The largest absolute Gasteiger partial charge is 0.461 e. The van der Waals surface area contributed by atoms with Crippen molar-refractivity contribution in [2.45, 2.75) is 26.2 Å². The molecule has 1 heterocycles. The second-order valence-corrected chi connectivity index (χ2v) is 6.31. The van der Waals surface area contributed by atoms with Gasteiger partial charge in [-0.05, 0) is 44.0 Å². The minimum atomic E-state index is -0.393. The second kappa shape index (κ2) is 6.58. The van der Waals surface area contributed by atoms with Crippen molar-refractivity contribution in [1.29, 1.82) is 0 Å². The maximum Gasteiger partial charge on any atom is 0.356 e. The molecule has 1 aliphatic rings. The zero-order valence-corrected chi connectivity index (χ0v) is 14.4. The van der Waals surface area contributed by atoms with Gasteiger partial charge in [0, 0.05) is 28.1 Å². The third-order valence-electron chi connectivity index (χ3n) is 3.71. The van der Waals surface area contributed by atoms with E-state index >= 15 is 0 Å². The summed E-state index contributed by atoms with van der Waals surface area (Å²) >= 11 is 3.44. The summed E-state index contributed by atoms with van der Waals surface area (Å²) in [5, 5.41) is 0.915. The van der Waals surface area contributed by atoms with Gasteiger partial charge in [-0.15, -0.1) is 0 Å². The van der Waals surface area contributed by atoms with Crippen molar-refractivity contribution in [2.24, 2.45) is 0 Å². The Morgan fingerprint density at radius 2 is 2.17 bits per heavy atom. The van der Waals surface area contributed by atoms with E-state index in [1.807, 2.05) is 18.2 Å². The van der Waals surface area contributed by atoms with Crippen molar-refractivity contribution >= 4 is 38.6 Å². The van der Waals surface area contributed by atoms with Crippen LogP contribution in [0.5, 0.6) is 0 Å². The van der Waals surface area contributed by atoms with E-state index in [4.69, 9.17) is 4.74 Å². The van der Waals surface area contributed by atoms with Gasteiger partial charge in [0.2, 0.25) is 0 Å². The molecule has 0 fully saturated rings. The van der Waals surface area contributed by atoms with Crippen molar-refractivity contribution in [3.05, 3.63) is 46.2 Å². The molecule has 0 atom stereocenters. The molecule has 0 spiro atoms. The predicted octanol–water partition coefficient (Wildman–Crippen LogP) is 3.76. The van der Waals surface area contributed by atoms with Crippen LogP contribution in [0.3, 0.4) is 0 Å². The third kappa shape index (κ3) is 3.32. The molecule has 1 aliphatic carbocycles. The Bertz CT molecular complexity index is 808. The molecule has 1 aromatic carbocycles. The first-order chi connectivity index (χ1) is 11.1. The Morgan fingerprint density at radius 1 is 1.35 bits per heavy atom. The quantitative estimate of drug-likeness (QED) is 0.825. The van der Waals surface area contributed by atoms with Crippen molar-refractivity contribution in [2.75, 3.05) is 12.0 Å². The zero-order chi connectivity index (χ0) is 16.4. The van der Waals surface area contributed by atoms with Gasteiger partial charge < -0.3 is 4.74 Å². The average molecular weight is 377 g/mol. The summed E-state index contributed by atoms with van der Waals surface area (Å²) in [5.74, 6) is -0.286. The Labute approximate surface area is 142 Å². The van der Waals surface area contributed by atoms with Crippen LogP contribution >= 0.6 is 15.9 Å². The first-order valence-corrected chi connectivity index (χ1v) is 8.36. The highest BCUT2D eigenvalue weighted by Crippen LogP contribution is 2.25. The molecule has 1 aromatic heterocycles. The number of nitrogens with one attached hydrogen (secondary N) is 1. The van der Waals surface area contributed by atoms with Crippen LogP contribution in [-0.4, -0.2) is 23.0 Å². The number of ether oxygens (including phenoxy) is 1. The molecule has 0 saturated carbocycles. The zero-order valence-electron chi connectivity index (χ0n) is 12.8. The monoisotopic (exact) mass is 376 g/mol. The van der Waals surface area contributed by atoms with Crippen LogP contribution in [0.4, 0.5) is 0 Å². The maximum absolute atomic E-state index is 12.2. The van der Waals surface area contributed by atoms with E-state index in [1.165, 1.54) is 0 Å². The number of esters is 1. The first kappa shape index (κ1) is 15.8. The first-order valence-electron chi connectivity index (χ1n) is 7.57. The fraction of sp³-hybridized carbons (Fsp3) is 0.294. The van der Waals surface area contributed by atoms with Crippen molar-refractivity contribution in [1.82, 2.24) is 4.68 Å². The number of benzene rings is 1. The smallest absolute Gasteiger partial charge is 0.356 e. The van der Waals surface area contributed by atoms with E-state index in [1.54, 1.807) is 23.7 Å². The third-order valence-corrected chi connectivity index (χ3v) is 4.20. The van der Waals surface area contributed by atoms with Gasteiger partial charge in [-0.3, -0.25) is 10.2 Å². The molecule has 23 heavy (non-hydrogen) atoms. The molecule has 1 N–H and O–H groups in total. The lowest BCUT2D eigenvalue weighted by atomic mass is 10.0. The molecule has 3 rings (SSSR count). The summed E-state index contributed by atoms with van der Waals surface area (Å²) < 4.78 is 7.77. The molecule has 2 aromatic rings. The number of ketones is 1. The number of rotatable bonds is 4. The molecule has 0 unspecified atom stereocenters. The number of nitrogens with zero attached hydrogens (tertiary/aromatic N) is 1. The molecule has 0 bridgehead atoms. The number of carbonyl (C=O) groups excluding carboxylic acids is 2. The number of hydrogen-bond donors (Lipinski definition) is 1. The molecule has 120 valence electrons. The summed E-state index contributed by atoms with van der Waals surface area (Å²) in [4.78, 5) is 23.9. The predicted molar refractivity (Wildman–Crippen MR) is 91.9 cm³/mol. The SMILES string of the molecule is CCOC(=O)c1cc2cc(Br)ccc2n1NC1=CC(=O)CCC1. The van der Waals surface area contributed by atoms with Crippen LogP contribution in [0.15, 0.2) is 40.5 Å². The summed E-state index contributed by atoms with van der Waals surface area (Å²) in [6.45, 7) is 2.09. The Morgan fingerprint density at radius 3 is 2.91 bits per heavy atom. The van der Waals surface area contributed by atoms with Crippen LogP contribution in [0.25, 0.3) is 10.9 Å². The van der Waals surface area contributed by atoms with Crippen LogP contribution in [0.2, 0.25) is 0 Å². The fourth-order valence-electron chi connectivity index (χ4n) is 2.69. The van der Waals surface area contributed by atoms with E-state index in [-0.39, 0.29) is 5.78 Å². The summed E-state index contributed by atoms with van der Waals surface area (Å²) in [5.41, 5.74) is 5.29. The molecule has 0 radical (unpaired) electrons. The second-order valence-electron chi connectivity index (χ2n) is 5.39. The van der Waals surface area contributed by atoms with E-state index in [2.05, 4.69) is 21.4 Å². The number of fused-ring (bicyclic) bond motifs is 1. The van der Waals surface area contributed by atoms with E-state index < -0.39 is 5.97 Å². The molecular weight excluding hydrogens is 360 g/mol. The van der Waals surface area contributed by atoms with E-state index in [0.717, 1.165) is 33.9 Å². The number of halogens is 1. The molecular formula is C17H17BrN2O3. The van der Waals surface area contributed by atoms with Gasteiger partial charge in [-0.2, -0.15) is 0 Å². The van der Waals surface area contributed by atoms with Gasteiger partial charge in [0.05, 0.1) is 12.1 Å². The Balaban J connectivity index is 2.06. The lowest BCUT2D eigenvalue weighted by Crippen LogP contribution is -2.22. The number of allylic oxidation sites excluding steroid dienone is 2.